The molecule has 3 rings (SSSR count). The predicted molar refractivity (Wildman–Crippen MR) is 86.7 cm³/mol. The maximum Gasteiger partial charge on any atom is 0.406 e. The van der Waals surface area contributed by atoms with Crippen LogP contribution < -0.4 is 0 Å². The fourth-order valence-corrected chi connectivity index (χ4v) is 4.72. The molecule has 3 fully saturated rings. The number of hydrogen-bond donors (Lipinski definition) is 0. The van der Waals surface area contributed by atoms with Gasteiger partial charge in [-0.3, -0.25) is 9.59 Å². The molecule has 2 saturated heterocycles. The molecule has 1 aliphatic carbocycles. The zero-order valence-corrected chi connectivity index (χ0v) is 14.6. The van der Waals surface area contributed by atoms with Crippen molar-refractivity contribution >= 4 is 11.8 Å². The fourth-order valence-electron chi connectivity index (χ4n) is 4.72. The van der Waals surface area contributed by atoms with E-state index in [-0.39, 0.29) is 24.9 Å². The zero-order chi connectivity index (χ0) is 18.0. The highest BCUT2D eigenvalue weighted by atomic mass is 19.4. The maximum absolute atomic E-state index is 12.8. The van der Waals surface area contributed by atoms with Crippen LogP contribution in [-0.2, 0) is 9.59 Å². The molecular formula is C18H27F3N2O2. The summed E-state index contributed by atoms with van der Waals surface area (Å²) in [6.45, 7) is -0.662. The molecule has 0 spiro atoms. The summed E-state index contributed by atoms with van der Waals surface area (Å²) in [6, 6.07) is 0.211. The minimum absolute atomic E-state index is 0.0818. The smallest absolute Gasteiger partial charge is 0.339 e. The van der Waals surface area contributed by atoms with E-state index in [1.807, 2.05) is 4.90 Å². The van der Waals surface area contributed by atoms with Crippen LogP contribution in [0.1, 0.15) is 57.8 Å². The Hall–Kier alpha value is -1.27. The normalized spacial score (nSPS) is 28.8. The summed E-state index contributed by atoms with van der Waals surface area (Å²) in [5.41, 5.74) is 0. The third-order valence-electron chi connectivity index (χ3n) is 5.92. The standard InChI is InChI=1S/C18H27F3N2O2/c19-18(20,21)12-22-11-14(10-16(22)24)17(25)23-8-4-7-15(23)9-13-5-2-1-3-6-13/h13-15H,1-12H2/t14-,15+/m0/s1. The second-order valence-corrected chi connectivity index (χ2v) is 7.86. The van der Waals surface area contributed by atoms with Crippen molar-refractivity contribution in [1.82, 2.24) is 9.80 Å². The number of rotatable bonds is 4. The number of carbonyl (C=O) groups is 2. The Labute approximate surface area is 146 Å². The highest BCUT2D eigenvalue weighted by molar-refractivity contribution is 5.89. The van der Waals surface area contributed by atoms with Gasteiger partial charge in [0.05, 0.1) is 5.92 Å². The van der Waals surface area contributed by atoms with Crippen molar-refractivity contribution in [2.24, 2.45) is 11.8 Å². The molecule has 2 aliphatic heterocycles. The average Bonchev–Trinajstić information content (AvgIpc) is 3.14. The number of carbonyl (C=O) groups excluding carboxylic acids is 2. The second kappa shape index (κ2) is 7.54. The summed E-state index contributed by atoms with van der Waals surface area (Å²) >= 11 is 0. The van der Waals surface area contributed by atoms with Crippen molar-refractivity contribution in [3.8, 4) is 0 Å². The van der Waals surface area contributed by atoms with Crippen molar-refractivity contribution < 1.29 is 22.8 Å². The molecule has 2 amide bonds. The van der Waals surface area contributed by atoms with Crippen LogP contribution in [0.5, 0.6) is 0 Å². The Morgan fingerprint density at radius 1 is 1.08 bits per heavy atom. The lowest BCUT2D eigenvalue weighted by atomic mass is 9.84. The maximum atomic E-state index is 12.8. The first-order chi connectivity index (χ1) is 11.8. The quantitative estimate of drug-likeness (QED) is 0.771. The van der Waals surface area contributed by atoms with Crippen molar-refractivity contribution in [2.45, 2.75) is 70.0 Å². The molecule has 0 bridgehead atoms. The molecule has 142 valence electrons. The van der Waals surface area contributed by atoms with Crippen molar-refractivity contribution in [2.75, 3.05) is 19.6 Å². The largest absolute Gasteiger partial charge is 0.406 e. The van der Waals surface area contributed by atoms with Gasteiger partial charge < -0.3 is 9.80 Å². The summed E-state index contributed by atoms with van der Waals surface area (Å²) in [6.07, 6.45) is 4.71. The van der Waals surface area contributed by atoms with Crippen molar-refractivity contribution in [3.63, 3.8) is 0 Å². The van der Waals surface area contributed by atoms with E-state index in [1.165, 1.54) is 32.1 Å². The van der Waals surface area contributed by atoms with Gasteiger partial charge in [-0.15, -0.1) is 0 Å². The Morgan fingerprint density at radius 2 is 1.80 bits per heavy atom. The number of likely N-dealkylation sites (tertiary alicyclic amines) is 2. The lowest BCUT2D eigenvalue weighted by molar-refractivity contribution is -0.157. The van der Waals surface area contributed by atoms with Crippen LogP contribution in [0.25, 0.3) is 0 Å². The van der Waals surface area contributed by atoms with E-state index in [4.69, 9.17) is 0 Å². The van der Waals surface area contributed by atoms with E-state index < -0.39 is 24.5 Å². The van der Waals surface area contributed by atoms with E-state index in [0.29, 0.717) is 12.5 Å². The number of hydrogen-bond acceptors (Lipinski definition) is 2. The molecule has 0 aromatic carbocycles. The van der Waals surface area contributed by atoms with Gasteiger partial charge in [-0.05, 0) is 25.2 Å². The monoisotopic (exact) mass is 360 g/mol. The van der Waals surface area contributed by atoms with Gasteiger partial charge in [0.1, 0.15) is 6.54 Å². The van der Waals surface area contributed by atoms with Crippen LogP contribution >= 0.6 is 0 Å². The van der Waals surface area contributed by atoms with Crippen LogP contribution in [0.4, 0.5) is 13.2 Å². The Morgan fingerprint density at radius 3 is 2.48 bits per heavy atom. The molecule has 3 aliphatic rings. The summed E-state index contributed by atoms with van der Waals surface area (Å²) in [4.78, 5) is 27.3. The van der Waals surface area contributed by atoms with E-state index >= 15 is 0 Å². The van der Waals surface area contributed by atoms with Gasteiger partial charge in [0.2, 0.25) is 11.8 Å². The molecule has 7 heteroatoms. The van der Waals surface area contributed by atoms with Gasteiger partial charge in [0.15, 0.2) is 0 Å². The van der Waals surface area contributed by atoms with Gasteiger partial charge in [0.25, 0.3) is 0 Å². The van der Waals surface area contributed by atoms with Gasteiger partial charge in [-0.25, -0.2) is 0 Å². The lowest BCUT2D eigenvalue weighted by Crippen LogP contribution is -2.42. The minimum atomic E-state index is -4.41. The van der Waals surface area contributed by atoms with E-state index in [0.717, 1.165) is 24.2 Å². The molecule has 0 aromatic rings. The highest BCUT2D eigenvalue weighted by Gasteiger charge is 2.43. The summed E-state index contributed by atoms with van der Waals surface area (Å²) < 4.78 is 37.6. The molecular weight excluding hydrogens is 333 g/mol. The van der Waals surface area contributed by atoms with Gasteiger partial charge in [-0.1, -0.05) is 32.1 Å². The lowest BCUT2D eigenvalue weighted by Gasteiger charge is -2.31. The van der Waals surface area contributed by atoms with Gasteiger partial charge in [-0.2, -0.15) is 13.2 Å². The zero-order valence-electron chi connectivity index (χ0n) is 14.6. The van der Waals surface area contributed by atoms with Crippen LogP contribution in [0.15, 0.2) is 0 Å². The van der Waals surface area contributed by atoms with E-state index in [1.54, 1.807) is 0 Å². The minimum Gasteiger partial charge on any atom is -0.339 e. The van der Waals surface area contributed by atoms with Crippen LogP contribution in [0.3, 0.4) is 0 Å². The van der Waals surface area contributed by atoms with Gasteiger partial charge in [0, 0.05) is 25.6 Å². The van der Waals surface area contributed by atoms with Gasteiger partial charge >= 0.3 is 6.18 Å². The summed E-state index contributed by atoms with van der Waals surface area (Å²) in [5, 5.41) is 0. The van der Waals surface area contributed by atoms with Crippen LogP contribution in [0, 0.1) is 11.8 Å². The third-order valence-corrected chi connectivity index (χ3v) is 5.92. The Bertz CT molecular complexity index is 503. The predicted octanol–water partition coefficient (Wildman–Crippen LogP) is 3.36. The number of nitrogens with zero attached hydrogens (tertiary/aromatic N) is 2. The molecule has 2 heterocycles. The molecule has 0 aromatic heterocycles. The molecule has 0 unspecified atom stereocenters. The van der Waals surface area contributed by atoms with Crippen LogP contribution in [-0.4, -0.2) is 53.5 Å². The highest BCUT2D eigenvalue weighted by Crippen LogP contribution is 2.34. The topological polar surface area (TPSA) is 40.6 Å². The fraction of sp³-hybridized carbons (Fsp3) is 0.889. The van der Waals surface area contributed by atoms with E-state index in [9.17, 15) is 22.8 Å². The Kier molecular flexibility index (Phi) is 5.58. The van der Waals surface area contributed by atoms with Crippen LogP contribution in [0.2, 0.25) is 0 Å². The summed E-state index contributed by atoms with van der Waals surface area (Å²) in [7, 11) is 0. The molecule has 1 saturated carbocycles. The van der Waals surface area contributed by atoms with E-state index in [2.05, 4.69) is 0 Å². The molecule has 0 radical (unpaired) electrons. The van der Waals surface area contributed by atoms with Crippen molar-refractivity contribution in [1.29, 1.82) is 0 Å². The first kappa shape index (κ1) is 18.5. The first-order valence-electron chi connectivity index (χ1n) is 9.48. The molecule has 25 heavy (non-hydrogen) atoms. The average molecular weight is 360 g/mol. The third kappa shape index (κ3) is 4.67. The molecule has 2 atom stereocenters. The number of amides is 2. The molecule has 0 N–H and O–H groups in total. The summed E-state index contributed by atoms with van der Waals surface area (Å²) in [5.74, 6) is -0.615. The molecule has 4 nitrogen and oxygen atoms in total. The number of halogens is 3. The van der Waals surface area contributed by atoms with Crippen molar-refractivity contribution in [3.05, 3.63) is 0 Å². The SMILES string of the molecule is O=C1C[C@H](C(=O)N2CCC[C@@H]2CC2CCCCC2)CN1CC(F)(F)F. The Balaban J connectivity index is 1.57. The second-order valence-electron chi connectivity index (χ2n) is 7.86. The first-order valence-corrected chi connectivity index (χ1v) is 9.48. The number of alkyl halides is 3.